The van der Waals surface area contributed by atoms with E-state index >= 15 is 0 Å². The van der Waals surface area contributed by atoms with Gasteiger partial charge in [-0.05, 0) is 19.1 Å². The van der Waals surface area contributed by atoms with Crippen LogP contribution in [0.5, 0.6) is 0 Å². The Morgan fingerprint density at radius 1 is 1.75 bits per heavy atom. The normalized spacial score (nSPS) is 11.2. The van der Waals surface area contributed by atoms with Crippen molar-refractivity contribution in [3.8, 4) is 0 Å². The molecule has 0 aliphatic rings. The van der Waals surface area contributed by atoms with E-state index in [1.807, 2.05) is 17.6 Å². The summed E-state index contributed by atoms with van der Waals surface area (Å²) in [5, 5.41) is 2.60. The summed E-state index contributed by atoms with van der Waals surface area (Å²) in [5.74, 6) is 0. The van der Waals surface area contributed by atoms with Crippen LogP contribution >= 0.6 is 0 Å². The molecule has 1 aromatic rings. The maximum absolute atomic E-state index is 10.1. The van der Waals surface area contributed by atoms with Crippen LogP contribution in [0.4, 0.5) is 0 Å². The maximum atomic E-state index is 10.1. The zero-order chi connectivity index (χ0) is 12.0. The van der Waals surface area contributed by atoms with E-state index < -0.39 is 0 Å². The van der Waals surface area contributed by atoms with Crippen molar-refractivity contribution in [2.75, 3.05) is 6.54 Å². The van der Waals surface area contributed by atoms with Crippen molar-refractivity contribution in [2.24, 2.45) is 5.73 Å². The van der Waals surface area contributed by atoms with Gasteiger partial charge in [0.05, 0.1) is 17.7 Å². The molecule has 5 nitrogen and oxygen atoms in total. The molecule has 0 bridgehead atoms. The number of rotatable bonds is 6. The zero-order valence-electron chi connectivity index (χ0n) is 9.31. The molecule has 5 heteroatoms. The van der Waals surface area contributed by atoms with Crippen LogP contribution in [0.1, 0.15) is 18.3 Å². The number of hydrogen-bond donors (Lipinski definition) is 2. The first-order chi connectivity index (χ1) is 7.69. The number of hydrogen-bond acceptors (Lipinski definition) is 3. The molecule has 0 saturated carbocycles. The van der Waals surface area contributed by atoms with Crippen LogP contribution in [-0.4, -0.2) is 22.5 Å². The van der Waals surface area contributed by atoms with Crippen LogP contribution in [0.2, 0.25) is 0 Å². The fourth-order valence-electron chi connectivity index (χ4n) is 1.36. The van der Waals surface area contributed by atoms with E-state index in [-0.39, 0.29) is 0 Å². The van der Waals surface area contributed by atoms with Gasteiger partial charge >= 0.3 is 0 Å². The Balaban J connectivity index is 2.91. The van der Waals surface area contributed by atoms with Crippen LogP contribution in [0, 0.1) is 0 Å². The van der Waals surface area contributed by atoms with Gasteiger partial charge in [-0.1, -0.05) is 6.58 Å². The van der Waals surface area contributed by atoms with Crippen LogP contribution in [-0.2, 0) is 11.3 Å². The predicted molar refractivity (Wildman–Crippen MR) is 64.2 cm³/mol. The van der Waals surface area contributed by atoms with Crippen molar-refractivity contribution in [3.63, 3.8) is 0 Å². The molecule has 1 aromatic heterocycles. The summed E-state index contributed by atoms with van der Waals surface area (Å²) in [6.45, 7) is 6.71. The van der Waals surface area contributed by atoms with Gasteiger partial charge in [0.1, 0.15) is 0 Å². The van der Waals surface area contributed by atoms with Crippen LogP contribution in [0.3, 0.4) is 0 Å². The average molecular weight is 220 g/mol. The van der Waals surface area contributed by atoms with Crippen LogP contribution in [0.25, 0.3) is 12.2 Å². The summed E-state index contributed by atoms with van der Waals surface area (Å²) in [7, 11) is 0. The highest BCUT2D eigenvalue weighted by molar-refractivity contribution is 5.60. The van der Waals surface area contributed by atoms with Crippen LogP contribution in [0.15, 0.2) is 18.6 Å². The van der Waals surface area contributed by atoms with Gasteiger partial charge in [0.25, 0.3) is 0 Å². The molecule has 0 aliphatic heterocycles. The van der Waals surface area contributed by atoms with Gasteiger partial charge in [-0.15, -0.1) is 0 Å². The average Bonchev–Trinajstić information content (AvgIpc) is 2.61. The van der Waals surface area contributed by atoms with E-state index in [1.165, 1.54) is 0 Å². The third kappa shape index (κ3) is 2.98. The van der Waals surface area contributed by atoms with Gasteiger partial charge in [0.15, 0.2) is 0 Å². The Bertz CT molecular complexity index is 402. The predicted octanol–water partition coefficient (Wildman–Crippen LogP) is 0.592. The van der Waals surface area contributed by atoms with Crippen molar-refractivity contribution < 1.29 is 4.79 Å². The summed E-state index contributed by atoms with van der Waals surface area (Å²) < 4.78 is 1.92. The quantitative estimate of drug-likeness (QED) is 0.544. The van der Waals surface area contributed by atoms with Gasteiger partial charge in [-0.25, -0.2) is 4.98 Å². The van der Waals surface area contributed by atoms with E-state index in [9.17, 15) is 4.79 Å². The first kappa shape index (κ1) is 12.0. The number of carbonyl (C=O) groups is 1. The number of imidazole rings is 1. The number of allylic oxidation sites excluding steroid dienone is 1. The van der Waals surface area contributed by atoms with Gasteiger partial charge < -0.3 is 15.6 Å². The third-order valence-corrected chi connectivity index (χ3v) is 2.05. The van der Waals surface area contributed by atoms with E-state index in [1.54, 1.807) is 12.4 Å². The summed E-state index contributed by atoms with van der Waals surface area (Å²) in [5.41, 5.74) is 8.04. The van der Waals surface area contributed by atoms with Crippen molar-refractivity contribution in [1.82, 2.24) is 14.9 Å². The van der Waals surface area contributed by atoms with E-state index in [0.29, 0.717) is 25.2 Å². The molecule has 1 rings (SSSR count). The molecule has 0 unspecified atom stereocenters. The van der Waals surface area contributed by atoms with Gasteiger partial charge in [-0.3, -0.25) is 4.79 Å². The highest BCUT2D eigenvalue weighted by atomic mass is 16.1. The van der Waals surface area contributed by atoms with Crippen LogP contribution < -0.4 is 11.1 Å². The standard InChI is InChI=1S/C11H16N4O/c1-3-10-11(6-9(2)12)15(7-14-10)5-4-13-8-16/h3,6-8H,1,4-5,12H2,2H3,(H,13,16)/b9-6+. The minimum absolute atomic E-state index is 0.556. The Labute approximate surface area is 94.7 Å². The molecule has 0 radical (unpaired) electrons. The molecular weight excluding hydrogens is 204 g/mol. The summed E-state index contributed by atoms with van der Waals surface area (Å²) in [4.78, 5) is 14.3. The zero-order valence-corrected chi connectivity index (χ0v) is 9.31. The molecule has 16 heavy (non-hydrogen) atoms. The second kappa shape index (κ2) is 5.75. The summed E-state index contributed by atoms with van der Waals surface area (Å²) in [6, 6.07) is 0. The van der Waals surface area contributed by atoms with Crippen molar-refractivity contribution in [3.05, 3.63) is 30.0 Å². The lowest BCUT2D eigenvalue weighted by atomic mass is 10.2. The topological polar surface area (TPSA) is 72.9 Å². The molecule has 0 aromatic carbocycles. The summed E-state index contributed by atoms with van der Waals surface area (Å²) >= 11 is 0. The Morgan fingerprint density at radius 2 is 2.50 bits per heavy atom. The highest BCUT2D eigenvalue weighted by Crippen LogP contribution is 2.12. The molecule has 0 spiro atoms. The Hall–Kier alpha value is -2.04. The smallest absolute Gasteiger partial charge is 0.207 e. The molecule has 0 fully saturated rings. The monoisotopic (exact) mass is 220 g/mol. The van der Waals surface area contributed by atoms with Crippen molar-refractivity contribution in [2.45, 2.75) is 13.5 Å². The lowest BCUT2D eigenvalue weighted by Crippen LogP contribution is -2.18. The molecule has 1 heterocycles. The summed E-state index contributed by atoms with van der Waals surface area (Å²) in [6.07, 6.45) is 5.90. The molecule has 86 valence electrons. The SMILES string of the molecule is C=Cc1ncn(CCNC=O)c1/C=C(\C)N. The molecule has 0 atom stereocenters. The number of nitrogens with zero attached hydrogens (tertiary/aromatic N) is 2. The number of amides is 1. The van der Waals surface area contributed by atoms with E-state index in [2.05, 4.69) is 16.9 Å². The third-order valence-electron chi connectivity index (χ3n) is 2.05. The second-order valence-corrected chi connectivity index (χ2v) is 3.37. The molecule has 0 saturated heterocycles. The molecule has 0 aliphatic carbocycles. The molecular formula is C11H16N4O. The lowest BCUT2D eigenvalue weighted by molar-refractivity contribution is -0.109. The first-order valence-electron chi connectivity index (χ1n) is 4.97. The maximum Gasteiger partial charge on any atom is 0.207 e. The van der Waals surface area contributed by atoms with E-state index in [0.717, 1.165) is 11.4 Å². The van der Waals surface area contributed by atoms with Crippen molar-refractivity contribution >= 4 is 18.6 Å². The Morgan fingerprint density at radius 3 is 3.06 bits per heavy atom. The minimum atomic E-state index is 0.556. The lowest BCUT2D eigenvalue weighted by Gasteiger charge is -2.05. The van der Waals surface area contributed by atoms with Crippen molar-refractivity contribution in [1.29, 1.82) is 0 Å². The fraction of sp³-hybridized carbons (Fsp3) is 0.273. The number of aromatic nitrogens is 2. The fourth-order valence-corrected chi connectivity index (χ4v) is 1.36. The van der Waals surface area contributed by atoms with Gasteiger partial charge in [-0.2, -0.15) is 0 Å². The van der Waals surface area contributed by atoms with Gasteiger partial charge in [0, 0.05) is 18.8 Å². The number of nitrogens with two attached hydrogens (primary N) is 1. The number of carbonyl (C=O) groups excluding carboxylic acids is 1. The second-order valence-electron chi connectivity index (χ2n) is 3.37. The van der Waals surface area contributed by atoms with Gasteiger partial charge in [0.2, 0.25) is 6.41 Å². The largest absolute Gasteiger partial charge is 0.402 e. The molecule has 1 amide bonds. The molecule has 3 N–H and O–H groups in total. The number of nitrogens with one attached hydrogen (secondary N) is 1. The van der Waals surface area contributed by atoms with E-state index in [4.69, 9.17) is 5.73 Å². The minimum Gasteiger partial charge on any atom is -0.402 e. The highest BCUT2D eigenvalue weighted by Gasteiger charge is 2.05. The Kier molecular flexibility index (Phi) is 4.32. The first-order valence-corrected chi connectivity index (χ1v) is 4.97.